The summed E-state index contributed by atoms with van der Waals surface area (Å²) in [6.45, 7) is 8.71. The van der Waals surface area contributed by atoms with Crippen LogP contribution < -0.4 is 27.0 Å². The third-order valence-electron chi connectivity index (χ3n) is 6.89. The summed E-state index contributed by atoms with van der Waals surface area (Å²) in [6.07, 6.45) is -0.451. The van der Waals surface area contributed by atoms with Crippen molar-refractivity contribution in [1.29, 1.82) is 0 Å². The quantitative estimate of drug-likeness (QED) is 0.189. The van der Waals surface area contributed by atoms with Crippen LogP contribution in [-0.4, -0.2) is 76.1 Å². The van der Waals surface area contributed by atoms with E-state index in [9.17, 15) is 24.0 Å². The highest BCUT2D eigenvalue weighted by Crippen LogP contribution is 2.19. The molecule has 0 unspecified atom stereocenters. The third-order valence-corrected chi connectivity index (χ3v) is 6.89. The zero-order chi connectivity index (χ0) is 33.8. The van der Waals surface area contributed by atoms with E-state index in [4.69, 9.17) is 19.3 Å². The number of anilines is 1. The second-order valence-electron chi connectivity index (χ2n) is 11.8. The van der Waals surface area contributed by atoms with Crippen molar-refractivity contribution in [3.8, 4) is 0 Å². The van der Waals surface area contributed by atoms with E-state index in [2.05, 4.69) is 26.3 Å². The molecule has 1 saturated heterocycles. The standard InChI is InChI=1S/C31H44N6O9/c1-18(2)13-22(29(41)35-24-11-12-37(30(42)36-24)25-17-44-26(15-38)46-25)33-27(39)20(5)32-28(40)23(14-19(3)4)34-31(43)45-16-21-9-7-6-8-10-21/h6-12,18-20,22-23,25-26,38H,13-17H2,1-5H3,(H,32,40)(H,33,39)(H,34,43)(H,35,36,41,42)/t20-,22-,23-,25-,26-/m0/s1. The second-order valence-corrected chi connectivity index (χ2v) is 11.8. The zero-order valence-electron chi connectivity index (χ0n) is 26.7. The van der Waals surface area contributed by atoms with Crippen molar-refractivity contribution >= 4 is 29.6 Å². The molecule has 2 aromatic rings. The van der Waals surface area contributed by atoms with E-state index in [-0.39, 0.29) is 43.9 Å². The van der Waals surface area contributed by atoms with E-state index < -0.39 is 60.1 Å². The highest BCUT2D eigenvalue weighted by atomic mass is 16.7. The van der Waals surface area contributed by atoms with Crippen molar-refractivity contribution < 1.29 is 38.5 Å². The molecule has 252 valence electrons. The topological polar surface area (TPSA) is 199 Å². The Morgan fingerprint density at radius 2 is 1.59 bits per heavy atom. The normalized spacial score (nSPS) is 18.0. The summed E-state index contributed by atoms with van der Waals surface area (Å²) in [4.78, 5) is 68.3. The highest BCUT2D eigenvalue weighted by Gasteiger charge is 2.30. The van der Waals surface area contributed by atoms with Crippen LogP contribution in [0.1, 0.15) is 59.3 Å². The molecule has 2 heterocycles. The summed E-state index contributed by atoms with van der Waals surface area (Å²) in [5.74, 6) is -1.79. The summed E-state index contributed by atoms with van der Waals surface area (Å²) in [5, 5.41) is 19.6. The molecular formula is C31H44N6O9. The number of nitrogens with zero attached hydrogens (tertiary/aromatic N) is 2. The maximum atomic E-state index is 13.2. The Balaban J connectivity index is 1.59. The molecule has 0 saturated carbocycles. The number of hydrogen-bond acceptors (Lipinski definition) is 10. The molecule has 0 radical (unpaired) electrons. The van der Waals surface area contributed by atoms with Crippen molar-refractivity contribution in [3.63, 3.8) is 0 Å². The lowest BCUT2D eigenvalue weighted by molar-refractivity contribution is -0.131. The van der Waals surface area contributed by atoms with Crippen molar-refractivity contribution in [2.45, 2.75) is 84.7 Å². The van der Waals surface area contributed by atoms with Gasteiger partial charge in [0, 0.05) is 6.20 Å². The summed E-state index contributed by atoms with van der Waals surface area (Å²) in [7, 11) is 0. The van der Waals surface area contributed by atoms with Gasteiger partial charge in [0.05, 0.1) is 13.2 Å². The zero-order valence-corrected chi connectivity index (χ0v) is 26.7. The molecule has 0 aliphatic carbocycles. The first-order valence-electron chi connectivity index (χ1n) is 15.2. The lowest BCUT2D eigenvalue weighted by atomic mass is 10.0. The molecule has 1 fully saturated rings. The maximum absolute atomic E-state index is 13.2. The fourth-order valence-corrected chi connectivity index (χ4v) is 4.59. The summed E-state index contributed by atoms with van der Waals surface area (Å²) < 4.78 is 17.1. The molecule has 0 bridgehead atoms. The molecule has 3 rings (SSSR count). The number of carbonyl (C=O) groups is 4. The molecule has 4 amide bonds. The van der Waals surface area contributed by atoms with Gasteiger partial charge >= 0.3 is 11.8 Å². The van der Waals surface area contributed by atoms with Crippen molar-refractivity contribution in [2.24, 2.45) is 11.8 Å². The van der Waals surface area contributed by atoms with Crippen LogP contribution in [0.25, 0.3) is 0 Å². The third kappa shape index (κ3) is 11.2. The Morgan fingerprint density at radius 3 is 2.17 bits per heavy atom. The molecule has 1 aromatic carbocycles. The van der Waals surface area contributed by atoms with Gasteiger partial charge in [0.15, 0.2) is 12.5 Å². The predicted octanol–water partition coefficient (Wildman–Crippen LogP) is 1.42. The molecule has 5 atom stereocenters. The van der Waals surface area contributed by atoms with Crippen LogP contribution in [0.5, 0.6) is 0 Å². The van der Waals surface area contributed by atoms with E-state index >= 15 is 0 Å². The average Bonchev–Trinajstić information content (AvgIpc) is 3.48. The van der Waals surface area contributed by atoms with Crippen LogP contribution >= 0.6 is 0 Å². The number of hydrogen-bond donors (Lipinski definition) is 5. The Labute approximate surface area is 267 Å². The predicted molar refractivity (Wildman–Crippen MR) is 166 cm³/mol. The number of aliphatic hydroxyl groups is 1. The van der Waals surface area contributed by atoms with Gasteiger partial charge in [-0.1, -0.05) is 58.0 Å². The molecule has 1 aromatic heterocycles. The Bertz CT molecular complexity index is 1380. The monoisotopic (exact) mass is 644 g/mol. The number of benzene rings is 1. The van der Waals surface area contributed by atoms with Gasteiger partial charge in [0.25, 0.3) is 0 Å². The molecule has 1 aliphatic rings. The number of carbonyl (C=O) groups excluding carboxylic acids is 4. The molecule has 1 aliphatic heterocycles. The Kier molecular flexibility index (Phi) is 13.7. The van der Waals surface area contributed by atoms with Gasteiger partial charge in [0.2, 0.25) is 17.7 Å². The number of nitrogens with one attached hydrogen (secondary N) is 4. The Morgan fingerprint density at radius 1 is 0.935 bits per heavy atom. The molecule has 15 nitrogen and oxygen atoms in total. The Hall–Kier alpha value is -4.34. The van der Waals surface area contributed by atoms with Crippen molar-refractivity contribution in [3.05, 3.63) is 58.6 Å². The fraction of sp³-hybridized carbons (Fsp3) is 0.548. The van der Waals surface area contributed by atoms with E-state index in [1.165, 1.54) is 23.8 Å². The lowest BCUT2D eigenvalue weighted by Gasteiger charge is -2.24. The van der Waals surface area contributed by atoms with E-state index in [0.717, 1.165) is 5.56 Å². The molecule has 5 N–H and O–H groups in total. The van der Waals surface area contributed by atoms with Crippen LogP contribution in [0.15, 0.2) is 47.4 Å². The number of rotatable bonds is 15. The van der Waals surface area contributed by atoms with E-state index in [0.29, 0.717) is 6.42 Å². The number of alkyl carbamates (subject to hydrolysis) is 1. The first-order valence-corrected chi connectivity index (χ1v) is 15.2. The van der Waals surface area contributed by atoms with Gasteiger partial charge in [-0.3, -0.25) is 19.0 Å². The van der Waals surface area contributed by atoms with Gasteiger partial charge < -0.3 is 40.6 Å². The van der Waals surface area contributed by atoms with Crippen LogP contribution in [-0.2, 0) is 35.2 Å². The van der Waals surface area contributed by atoms with Gasteiger partial charge in [-0.15, -0.1) is 0 Å². The highest BCUT2D eigenvalue weighted by molar-refractivity contribution is 5.98. The van der Waals surface area contributed by atoms with Crippen LogP contribution in [0, 0.1) is 11.8 Å². The summed E-state index contributed by atoms with van der Waals surface area (Å²) in [6, 6.07) is 7.48. The van der Waals surface area contributed by atoms with E-state index in [1.807, 2.05) is 58.0 Å². The first kappa shape index (κ1) is 36.1. The summed E-state index contributed by atoms with van der Waals surface area (Å²) >= 11 is 0. The van der Waals surface area contributed by atoms with Gasteiger partial charge in [-0.25, -0.2) is 9.59 Å². The van der Waals surface area contributed by atoms with Gasteiger partial charge in [-0.2, -0.15) is 4.98 Å². The average molecular weight is 645 g/mol. The lowest BCUT2D eigenvalue weighted by Crippen LogP contribution is -2.55. The number of aliphatic hydroxyl groups excluding tert-OH is 1. The van der Waals surface area contributed by atoms with Crippen LogP contribution in [0.4, 0.5) is 10.6 Å². The minimum Gasteiger partial charge on any atom is -0.445 e. The number of amides is 4. The minimum atomic E-state index is -1.05. The summed E-state index contributed by atoms with van der Waals surface area (Å²) in [5.41, 5.74) is 0.0814. The second kappa shape index (κ2) is 17.4. The molecule has 46 heavy (non-hydrogen) atoms. The number of aromatic nitrogens is 2. The first-order chi connectivity index (χ1) is 21.9. The molecule has 0 spiro atoms. The van der Waals surface area contributed by atoms with E-state index in [1.54, 1.807) is 0 Å². The van der Waals surface area contributed by atoms with Gasteiger partial charge in [0.1, 0.15) is 30.6 Å². The molecule has 15 heteroatoms. The number of ether oxygens (including phenoxy) is 3. The van der Waals surface area contributed by atoms with Crippen molar-refractivity contribution in [2.75, 3.05) is 18.5 Å². The minimum absolute atomic E-state index is 0.00224. The molecular weight excluding hydrogens is 600 g/mol. The van der Waals surface area contributed by atoms with Crippen LogP contribution in [0.3, 0.4) is 0 Å². The van der Waals surface area contributed by atoms with Gasteiger partial charge in [-0.05, 0) is 43.2 Å². The maximum Gasteiger partial charge on any atom is 0.408 e. The SMILES string of the molecule is CC(C)C[C@H](NC(=O)OCc1ccccc1)C(=O)N[C@@H](C)C(=O)N[C@@H](CC(C)C)C(=O)Nc1ccn([C@@H]2CO[C@H](CO)O2)c(=O)n1. The van der Waals surface area contributed by atoms with Crippen LogP contribution in [0.2, 0.25) is 0 Å². The largest absolute Gasteiger partial charge is 0.445 e. The smallest absolute Gasteiger partial charge is 0.408 e. The van der Waals surface area contributed by atoms with Crippen molar-refractivity contribution in [1.82, 2.24) is 25.5 Å². The fourth-order valence-electron chi connectivity index (χ4n) is 4.59.